The molecule has 1 rings (SSSR count). The lowest BCUT2D eigenvalue weighted by Gasteiger charge is -2.16. The second-order valence-electron chi connectivity index (χ2n) is 3.00. The first kappa shape index (κ1) is 13.5. The smallest absolute Gasteiger partial charge is 0.434 e. The van der Waals surface area contributed by atoms with Crippen molar-refractivity contribution >= 4 is 22.8 Å². The molecule has 0 saturated carbocycles. The van der Waals surface area contributed by atoms with Crippen LogP contribution in [0.2, 0.25) is 0 Å². The van der Waals surface area contributed by atoms with E-state index in [-0.39, 0.29) is 5.56 Å². The van der Waals surface area contributed by atoms with Gasteiger partial charge in [0.2, 0.25) is 0 Å². The Hall–Kier alpha value is -1.56. The van der Waals surface area contributed by atoms with E-state index in [4.69, 9.17) is 11.6 Å². The van der Waals surface area contributed by atoms with E-state index >= 15 is 0 Å². The number of esters is 1. The van der Waals surface area contributed by atoms with Crippen molar-refractivity contribution in [2.45, 2.75) is 12.3 Å². The summed E-state index contributed by atoms with van der Waals surface area (Å²) in [6.45, 7) is 0. The van der Waals surface area contributed by atoms with Gasteiger partial charge in [-0.1, -0.05) is 18.2 Å². The average Bonchev–Trinajstić information content (AvgIpc) is 2.24. The Morgan fingerprint density at radius 1 is 1.18 bits per heavy atom. The van der Waals surface area contributed by atoms with Crippen LogP contribution in [0.25, 0.3) is 0 Å². The summed E-state index contributed by atoms with van der Waals surface area (Å²) in [6, 6.07) is 6.98. The molecule has 1 aromatic rings. The molecule has 17 heavy (non-hydrogen) atoms. The van der Waals surface area contributed by atoms with Gasteiger partial charge >= 0.3 is 12.1 Å². The normalized spacial score (nSPS) is 12.9. The molecule has 0 amide bonds. The van der Waals surface area contributed by atoms with Crippen molar-refractivity contribution in [2.24, 2.45) is 0 Å². The maximum Gasteiger partial charge on any atom is 0.434 e. The van der Waals surface area contributed by atoms with Crippen LogP contribution in [0.1, 0.15) is 10.4 Å². The molecular formula is C10H6ClF3O3. The number of hydrogen-bond acceptors (Lipinski definition) is 3. The second kappa shape index (κ2) is 5.18. The van der Waals surface area contributed by atoms with Crippen LogP contribution in [0, 0.1) is 0 Å². The molecule has 1 aromatic carbocycles. The van der Waals surface area contributed by atoms with Crippen LogP contribution in [0.15, 0.2) is 30.3 Å². The summed E-state index contributed by atoms with van der Waals surface area (Å²) in [5.74, 6) is -1.26. The Morgan fingerprint density at radius 3 is 2.12 bits per heavy atom. The van der Waals surface area contributed by atoms with Crippen LogP contribution in [-0.2, 0) is 9.53 Å². The molecule has 92 valence electrons. The van der Waals surface area contributed by atoms with E-state index in [1.165, 1.54) is 24.3 Å². The predicted molar refractivity (Wildman–Crippen MR) is 52.6 cm³/mol. The Morgan fingerprint density at radius 2 is 1.71 bits per heavy atom. The maximum absolute atomic E-state index is 12.3. The summed E-state index contributed by atoms with van der Waals surface area (Å²) < 4.78 is 40.8. The van der Waals surface area contributed by atoms with E-state index in [9.17, 15) is 22.8 Å². The van der Waals surface area contributed by atoms with Gasteiger partial charge in [-0.25, -0.2) is 4.79 Å². The zero-order valence-electron chi connectivity index (χ0n) is 8.20. The molecule has 0 aliphatic carbocycles. The SMILES string of the molecule is O=C(OC(C(=O)Cl)C(F)(F)F)c1ccccc1. The monoisotopic (exact) mass is 266 g/mol. The van der Waals surface area contributed by atoms with Gasteiger partial charge < -0.3 is 4.74 Å². The summed E-state index contributed by atoms with van der Waals surface area (Å²) in [7, 11) is 0. The van der Waals surface area contributed by atoms with Crippen LogP contribution >= 0.6 is 11.6 Å². The number of carbonyl (C=O) groups is 2. The minimum atomic E-state index is -5.02. The fourth-order valence-electron chi connectivity index (χ4n) is 0.991. The molecule has 0 heterocycles. The van der Waals surface area contributed by atoms with E-state index in [2.05, 4.69) is 4.74 Å². The highest BCUT2D eigenvalue weighted by molar-refractivity contribution is 6.64. The summed E-state index contributed by atoms with van der Waals surface area (Å²) in [6.07, 6.45) is -7.97. The van der Waals surface area contributed by atoms with E-state index in [0.717, 1.165) is 0 Å². The van der Waals surface area contributed by atoms with Crippen molar-refractivity contribution < 1.29 is 27.5 Å². The summed E-state index contributed by atoms with van der Waals surface area (Å²) in [5.41, 5.74) is -0.0975. The Labute approximate surface area is 99.1 Å². The van der Waals surface area contributed by atoms with Gasteiger partial charge in [0, 0.05) is 0 Å². The first-order valence-corrected chi connectivity index (χ1v) is 4.72. The van der Waals surface area contributed by atoms with Crippen LogP contribution < -0.4 is 0 Å². The van der Waals surface area contributed by atoms with E-state index < -0.39 is 23.5 Å². The fraction of sp³-hybridized carbons (Fsp3) is 0.200. The molecule has 0 N–H and O–H groups in total. The molecular weight excluding hydrogens is 261 g/mol. The minimum Gasteiger partial charge on any atom is -0.439 e. The van der Waals surface area contributed by atoms with Crippen molar-refractivity contribution in [3.8, 4) is 0 Å². The zero-order chi connectivity index (χ0) is 13.1. The van der Waals surface area contributed by atoms with Gasteiger partial charge in [-0.15, -0.1) is 0 Å². The van der Waals surface area contributed by atoms with Gasteiger partial charge in [-0.3, -0.25) is 4.79 Å². The van der Waals surface area contributed by atoms with E-state index in [1.54, 1.807) is 6.07 Å². The number of carbonyl (C=O) groups excluding carboxylic acids is 2. The summed E-state index contributed by atoms with van der Waals surface area (Å²) in [5, 5.41) is -1.79. The predicted octanol–water partition coefficient (Wildman–Crippen LogP) is 2.54. The van der Waals surface area contributed by atoms with E-state index in [1.807, 2.05) is 0 Å². The molecule has 0 saturated heterocycles. The van der Waals surface area contributed by atoms with Crippen molar-refractivity contribution in [3.63, 3.8) is 0 Å². The number of rotatable bonds is 3. The largest absolute Gasteiger partial charge is 0.439 e. The van der Waals surface area contributed by atoms with Crippen LogP contribution in [-0.4, -0.2) is 23.5 Å². The molecule has 0 spiro atoms. The van der Waals surface area contributed by atoms with Gasteiger partial charge in [0.1, 0.15) is 0 Å². The van der Waals surface area contributed by atoms with Gasteiger partial charge in [-0.2, -0.15) is 13.2 Å². The molecule has 7 heteroatoms. The molecule has 3 nitrogen and oxygen atoms in total. The van der Waals surface area contributed by atoms with Crippen molar-refractivity contribution in [1.29, 1.82) is 0 Å². The molecule has 0 fully saturated rings. The number of hydrogen-bond donors (Lipinski definition) is 0. The molecule has 0 radical (unpaired) electrons. The Bertz CT molecular complexity index is 417. The van der Waals surface area contributed by atoms with Crippen LogP contribution in [0.5, 0.6) is 0 Å². The van der Waals surface area contributed by atoms with Gasteiger partial charge in [0.15, 0.2) is 0 Å². The van der Waals surface area contributed by atoms with Gasteiger partial charge in [0.25, 0.3) is 11.3 Å². The molecule has 0 aliphatic heterocycles. The van der Waals surface area contributed by atoms with Crippen LogP contribution in [0.4, 0.5) is 13.2 Å². The lowest BCUT2D eigenvalue weighted by molar-refractivity contribution is -0.200. The lowest BCUT2D eigenvalue weighted by Crippen LogP contribution is -2.38. The number of halogens is 4. The highest BCUT2D eigenvalue weighted by atomic mass is 35.5. The Balaban J connectivity index is 2.83. The number of ether oxygens (including phenoxy) is 1. The highest BCUT2D eigenvalue weighted by Gasteiger charge is 2.47. The molecule has 1 unspecified atom stereocenters. The third kappa shape index (κ3) is 3.74. The Kier molecular flexibility index (Phi) is 4.11. The highest BCUT2D eigenvalue weighted by Crippen LogP contribution is 2.25. The summed E-state index contributed by atoms with van der Waals surface area (Å²) >= 11 is 4.72. The van der Waals surface area contributed by atoms with Gasteiger partial charge in [-0.05, 0) is 23.7 Å². The standard InChI is InChI=1S/C10H6ClF3O3/c11-8(15)7(10(12,13)14)17-9(16)6-4-2-1-3-5-6/h1-5,7H. The quantitative estimate of drug-likeness (QED) is 0.624. The van der Waals surface area contributed by atoms with Crippen molar-refractivity contribution in [2.75, 3.05) is 0 Å². The minimum absolute atomic E-state index is 0.0975. The first-order valence-electron chi connectivity index (χ1n) is 4.34. The molecule has 1 atom stereocenters. The summed E-state index contributed by atoms with van der Waals surface area (Å²) in [4.78, 5) is 21.8. The first-order chi connectivity index (χ1) is 7.82. The topological polar surface area (TPSA) is 43.4 Å². The van der Waals surface area contributed by atoms with Crippen molar-refractivity contribution in [3.05, 3.63) is 35.9 Å². The van der Waals surface area contributed by atoms with Crippen molar-refractivity contribution in [1.82, 2.24) is 0 Å². The molecule has 0 aromatic heterocycles. The number of benzene rings is 1. The average molecular weight is 267 g/mol. The van der Waals surface area contributed by atoms with Crippen LogP contribution in [0.3, 0.4) is 0 Å². The third-order valence-electron chi connectivity index (χ3n) is 1.74. The number of alkyl halides is 3. The lowest BCUT2D eigenvalue weighted by atomic mass is 10.2. The second-order valence-corrected chi connectivity index (χ2v) is 3.37. The zero-order valence-corrected chi connectivity index (χ0v) is 8.96. The van der Waals surface area contributed by atoms with E-state index in [0.29, 0.717) is 0 Å². The molecule has 0 bridgehead atoms. The molecule has 0 aliphatic rings. The fourth-order valence-corrected chi connectivity index (χ4v) is 1.16. The van der Waals surface area contributed by atoms with Gasteiger partial charge in [0.05, 0.1) is 5.56 Å². The third-order valence-corrected chi connectivity index (χ3v) is 1.94. The maximum atomic E-state index is 12.3.